The second kappa shape index (κ2) is 4.66. The number of ether oxygens (including phenoxy) is 1. The summed E-state index contributed by atoms with van der Waals surface area (Å²) in [6.07, 6.45) is 4.00. The fraction of sp³-hybridized carbons (Fsp3) is 0.647. The van der Waals surface area contributed by atoms with Gasteiger partial charge >= 0.3 is 0 Å². The Morgan fingerprint density at radius 3 is 2.60 bits per heavy atom. The minimum atomic E-state index is 0.380. The molecule has 0 radical (unpaired) electrons. The summed E-state index contributed by atoms with van der Waals surface area (Å²) >= 11 is 3.56. The Kier molecular flexibility index (Phi) is 3.32. The van der Waals surface area contributed by atoms with Crippen LogP contribution in [0, 0.1) is 16.7 Å². The van der Waals surface area contributed by atoms with Crippen LogP contribution >= 0.6 is 15.9 Å². The Morgan fingerprint density at radius 1 is 1.30 bits per heavy atom. The lowest BCUT2D eigenvalue weighted by molar-refractivity contribution is 0.142. The predicted molar refractivity (Wildman–Crippen MR) is 87.3 cm³/mol. The van der Waals surface area contributed by atoms with Crippen LogP contribution in [0.2, 0.25) is 0 Å². The fourth-order valence-electron chi connectivity index (χ4n) is 4.40. The van der Waals surface area contributed by atoms with Crippen molar-refractivity contribution in [1.29, 1.82) is 0 Å². The maximum absolute atomic E-state index is 5.49. The summed E-state index contributed by atoms with van der Waals surface area (Å²) in [6, 6.07) is 6.71. The minimum absolute atomic E-state index is 0.380. The van der Waals surface area contributed by atoms with Crippen molar-refractivity contribution in [3.63, 3.8) is 0 Å². The van der Waals surface area contributed by atoms with Crippen LogP contribution in [-0.4, -0.2) is 13.2 Å². The molecule has 110 valence electrons. The van der Waals surface area contributed by atoms with Gasteiger partial charge in [0.2, 0.25) is 0 Å². The van der Waals surface area contributed by atoms with Gasteiger partial charge in [0.15, 0.2) is 0 Å². The minimum Gasteiger partial charge on any atom is -0.495 e. The maximum atomic E-state index is 5.49. The average molecular weight is 338 g/mol. The predicted octanol–water partition coefficient (Wildman–Crippen LogP) is 5.08. The van der Waals surface area contributed by atoms with Crippen LogP contribution < -0.4 is 10.1 Å². The van der Waals surface area contributed by atoms with Crippen molar-refractivity contribution in [1.82, 2.24) is 0 Å². The molecule has 3 rings (SSSR count). The molecule has 0 aromatic heterocycles. The number of rotatable bonds is 3. The molecule has 3 atom stereocenters. The van der Waals surface area contributed by atoms with Crippen molar-refractivity contribution in [3.8, 4) is 5.75 Å². The largest absolute Gasteiger partial charge is 0.495 e. The van der Waals surface area contributed by atoms with E-state index in [-0.39, 0.29) is 0 Å². The first-order valence-electron chi connectivity index (χ1n) is 7.48. The van der Waals surface area contributed by atoms with Gasteiger partial charge in [-0.05, 0) is 54.2 Å². The van der Waals surface area contributed by atoms with Crippen molar-refractivity contribution in [2.45, 2.75) is 46.1 Å². The SMILES string of the molecule is COc1ccc(Br)cc1NC1CC2CCC1(C)C2(C)C. The first-order chi connectivity index (χ1) is 9.38. The van der Waals surface area contributed by atoms with Crippen LogP contribution in [0.4, 0.5) is 5.69 Å². The Labute approximate surface area is 130 Å². The lowest BCUT2D eigenvalue weighted by Gasteiger charge is -2.40. The summed E-state index contributed by atoms with van der Waals surface area (Å²) in [7, 11) is 1.74. The summed E-state index contributed by atoms with van der Waals surface area (Å²) < 4.78 is 6.58. The lowest BCUT2D eigenvalue weighted by Crippen LogP contribution is -2.40. The Balaban J connectivity index is 1.88. The van der Waals surface area contributed by atoms with Crippen LogP contribution in [0.3, 0.4) is 0 Å². The average Bonchev–Trinajstić information content (AvgIpc) is 2.72. The molecular weight excluding hydrogens is 314 g/mol. The molecule has 3 unspecified atom stereocenters. The van der Waals surface area contributed by atoms with Crippen molar-refractivity contribution in [3.05, 3.63) is 22.7 Å². The zero-order valence-electron chi connectivity index (χ0n) is 12.8. The smallest absolute Gasteiger partial charge is 0.142 e. The first kappa shape index (κ1) is 14.2. The third-order valence-electron chi connectivity index (χ3n) is 6.29. The van der Waals surface area contributed by atoms with E-state index in [1.165, 1.54) is 19.3 Å². The number of nitrogens with one attached hydrogen (secondary N) is 1. The van der Waals surface area contributed by atoms with E-state index < -0.39 is 0 Å². The van der Waals surface area contributed by atoms with E-state index in [0.29, 0.717) is 16.9 Å². The molecule has 0 aliphatic heterocycles. The molecule has 0 heterocycles. The fourth-order valence-corrected chi connectivity index (χ4v) is 4.76. The molecule has 2 aliphatic rings. The second-order valence-corrected chi connectivity index (χ2v) is 8.07. The molecule has 2 fully saturated rings. The first-order valence-corrected chi connectivity index (χ1v) is 8.28. The van der Waals surface area contributed by atoms with Crippen LogP contribution in [-0.2, 0) is 0 Å². The molecule has 3 heteroatoms. The van der Waals surface area contributed by atoms with Crippen molar-refractivity contribution < 1.29 is 4.74 Å². The van der Waals surface area contributed by atoms with E-state index >= 15 is 0 Å². The number of hydrogen-bond donors (Lipinski definition) is 1. The Morgan fingerprint density at radius 2 is 2.05 bits per heavy atom. The number of anilines is 1. The second-order valence-electron chi connectivity index (χ2n) is 7.15. The van der Waals surface area contributed by atoms with E-state index in [2.05, 4.69) is 48.1 Å². The molecule has 1 aromatic carbocycles. The summed E-state index contributed by atoms with van der Waals surface area (Å²) in [5.41, 5.74) is 1.92. The number of benzene rings is 1. The van der Waals surface area contributed by atoms with Crippen molar-refractivity contribution in [2.75, 3.05) is 12.4 Å². The standard InChI is InChI=1S/C17H24BrNO/c1-16(2)11-7-8-17(16,3)15(9-11)19-13-10-12(18)5-6-14(13)20-4/h5-6,10-11,15,19H,7-9H2,1-4H3. The molecule has 1 aromatic rings. The highest BCUT2D eigenvalue weighted by atomic mass is 79.9. The van der Waals surface area contributed by atoms with E-state index in [1.54, 1.807) is 7.11 Å². The van der Waals surface area contributed by atoms with Crippen LogP contribution in [0.25, 0.3) is 0 Å². The van der Waals surface area contributed by atoms with Gasteiger partial charge in [-0.2, -0.15) is 0 Å². The summed E-state index contributed by atoms with van der Waals surface area (Å²) in [5.74, 6) is 1.78. The molecule has 2 bridgehead atoms. The molecule has 0 saturated heterocycles. The van der Waals surface area contributed by atoms with Crippen molar-refractivity contribution in [2.24, 2.45) is 16.7 Å². The Bertz CT molecular complexity index is 528. The van der Waals surface area contributed by atoms with Crippen LogP contribution in [0.5, 0.6) is 5.75 Å². The van der Waals surface area contributed by atoms with Gasteiger partial charge in [-0.3, -0.25) is 0 Å². The topological polar surface area (TPSA) is 21.3 Å². The van der Waals surface area contributed by atoms with Crippen molar-refractivity contribution >= 4 is 21.6 Å². The van der Waals surface area contributed by atoms with Crippen LogP contribution in [0.15, 0.2) is 22.7 Å². The maximum Gasteiger partial charge on any atom is 0.142 e. The van der Waals surface area contributed by atoms with Gasteiger partial charge < -0.3 is 10.1 Å². The zero-order chi connectivity index (χ0) is 14.5. The summed E-state index contributed by atoms with van der Waals surface area (Å²) in [4.78, 5) is 0. The normalized spacial score (nSPS) is 34.2. The molecule has 2 saturated carbocycles. The number of fused-ring (bicyclic) bond motifs is 2. The molecular formula is C17H24BrNO. The van der Waals surface area contributed by atoms with Crippen LogP contribution in [0.1, 0.15) is 40.0 Å². The quantitative estimate of drug-likeness (QED) is 0.829. The van der Waals surface area contributed by atoms with Gasteiger partial charge in [0.05, 0.1) is 12.8 Å². The highest BCUT2D eigenvalue weighted by molar-refractivity contribution is 9.10. The number of halogens is 1. The molecule has 0 amide bonds. The number of methoxy groups -OCH3 is 1. The third-order valence-corrected chi connectivity index (χ3v) is 6.78. The van der Waals surface area contributed by atoms with E-state index in [4.69, 9.17) is 4.74 Å². The van der Waals surface area contributed by atoms with E-state index in [9.17, 15) is 0 Å². The van der Waals surface area contributed by atoms with Gasteiger partial charge in [-0.1, -0.05) is 36.7 Å². The van der Waals surface area contributed by atoms with Gasteiger partial charge in [-0.25, -0.2) is 0 Å². The summed E-state index contributed by atoms with van der Waals surface area (Å²) in [6.45, 7) is 7.36. The zero-order valence-corrected chi connectivity index (χ0v) is 14.4. The monoisotopic (exact) mass is 337 g/mol. The molecule has 1 N–H and O–H groups in total. The van der Waals surface area contributed by atoms with Gasteiger partial charge in [0.1, 0.15) is 5.75 Å². The lowest BCUT2D eigenvalue weighted by atomic mass is 9.69. The van der Waals surface area contributed by atoms with Gasteiger partial charge in [0, 0.05) is 10.5 Å². The molecule has 2 nitrogen and oxygen atoms in total. The highest BCUT2D eigenvalue weighted by Crippen LogP contribution is 2.66. The molecule has 2 aliphatic carbocycles. The number of hydrogen-bond acceptors (Lipinski definition) is 2. The van der Waals surface area contributed by atoms with Gasteiger partial charge in [-0.15, -0.1) is 0 Å². The molecule has 20 heavy (non-hydrogen) atoms. The van der Waals surface area contributed by atoms with Gasteiger partial charge in [0.25, 0.3) is 0 Å². The van der Waals surface area contributed by atoms with E-state index in [0.717, 1.165) is 21.8 Å². The Hall–Kier alpha value is -0.700. The third kappa shape index (κ3) is 1.89. The van der Waals surface area contributed by atoms with E-state index in [1.807, 2.05) is 12.1 Å². The highest BCUT2D eigenvalue weighted by Gasteiger charge is 2.61. The molecule has 0 spiro atoms. The summed E-state index contributed by atoms with van der Waals surface area (Å²) in [5, 5.41) is 3.77.